The van der Waals surface area contributed by atoms with E-state index in [1.54, 1.807) is 0 Å². The third-order valence-corrected chi connectivity index (χ3v) is 3.81. The summed E-state index contributed by atoms with van der Waals surface area (Å²) in [6.07, 6.45) is 2.46. The van der Waals surface area contributed by atoms with Crippen LogP contribution in [0.15, 0.2) is 24.3 Å². The maximum absolute atomic E-state index is 2.58. The Hall–Kier alpha value is -0.820. The van der Waals surface area contributed by atoms with E-state index in [4.69, 9.17) is 0 Å². The number of hydrogen-bond acceptors (Lipinski definition) is 1. The second-order valence-electron chi connectivity index (χ2n) is 5.17. The lowest BCUT2D eigenvalue weighted by Gasteiger charge is -2.20. The SMILES string of the molecule is CC.CCc1ccc(C2CCN(C(C)C)C2)cc1. The molecule has 0 bridgehead atoms. The average molecular weight is 247 g/mol. The summed E-state index contributed by atoms with van der Waals surface area (Å²) in [6, 6.07) is 9.92. The van der Waals surface area contributed by atoms with Gasteiger partial charge in [0.2, 0.25) is 0 Å². The topological polar surface area (TPSA) is 3.24 Å². The summed E-state index contributed by atoms with van der Waals surface area (Å²) >= 11 is 0. The van der Waals surface area contributed by atoms with Crippen molar-refractivity contribution in [2.75, 3.05) is 13.1 Å². The molecule has 2 rings (SSSR count). The van der Waals surface area contributed by atoms with Gasteiger partial charge < -0.3 is 4.90 Å². The van der Waals surface area contributed by atoms with Crippen molar-refractivity contribution in [3.8, 4) is 0 Å². The number of nitrogens with zero attached hydrogens (tertiary/aromatic N) is 1. The quantitative estimate of drug-likeness (QED) is 0.761. The van der Waals surface area contributed by atoms with E-state index in [1.807, 2.05) is 13.8 Å². The van der Waals surface area contributed by atoms with Crippen molar-refractivity contribution in [2.45, 2.75) is 59.4 Å². The van der Waals surface area contributed by atoms with Crippen LogP contribution in [0.5, 0.6) is 0 Å². The van der Waals surface area contributed by atoms with Crippen LogP contribution in [0.2, 0.25) is 0 Å². The molecule has 1 aromatic rings. The van der Waals surface area contributed by atoms with Crippen molar-refractivity contribution in [3.05, 3.63) is 35.4 Å². The summed E-state index contributed by atoms with van der Waals surface area (Å²) in [5.41, 5.74) is 2.97. The molecule has 102 valence electrons. The molecule has 1 aliphatic heterocycles. The van der Waals surface area contributed by atoms with Crippen LogP contribution >= 0.6 is 0 Å². The van der Waals surface area contributed by atoms with Crippen LogP contribution in [0.25, 0.3) is 0 Å². The summed E-state index contributed by atoms with van der Waals surface area (Å²) in [5, 5.41) is 0. The summed E-state index contributed by atoms with van der Waals surface area (Å²) in [7, 11) is 0. The molecule has 0 amide bonds. The number of hydrogen-bond donors (Lipinski definition) is 0. The van der Waals surface area contributed by atoms with Crippen LogP contribution in [0.3, 0.4) is 0 Å². The molecule has 0 aromatic heterocycles. The van der Waals surface area contributed by atoms with Gasteiger partial charge in [-0.25, -0.2) is 0 Å². The van der Waals surface area contributed by atoms with Crippen molar-refractivity contribution in [1.82, 2.24) is 4.90 Å². The van der Waals surface area contributed by atoms with Gasteiger partial charge >= 0.3 is 0 Å². The van der Waals surface area contributed by atoms with Gasteiger partial charge in [-0.1, -0.05) is 45.0 Å². The molecule has 1 unspecified atom stereocenters. The Morgan fingerprint density at radius 1 is 1.17 bits per heavy atom. The Morgan fingerprint density at radius 3 is 2.22 bits per heavy atom. The zero-order chi connectivity index (χ0) is 13.5. The van der Waals surface area contributed by atoms with Gasteiger partial charge in [0.25, 0.3) is 0 Å². The predicted molar refractivity (Wildman–Crippen MR) is 81.2 cm³/mol. The predicted octanol–water partition coefficient (Wildman–Crippen LogP) is 4.47. The first kappa shape index (κ1) is 15.2. The van der Waals surface area contributed by atoms with E-state index in [0.717, 1.165) is 12.3 Å². The molecular formula is C17H29N. The van der Waals surface area contributed by atoms with Crippen molar-refractivity contribution in [3.63, 3.8) is 0 Å². The molecule has 0 radical (unpaired) electrons. The second-order valence-corrected chi connectivity index (χ2v) is 5.17. The van der Waals surface area contributed by atoms with Gasteiger partial charge in [0.15, 0.2) is 0 Å². The lowest BCUT2D eigenvalue weighted by molar-refractivity contribution is 0.272. The van der Waals surface area contributed by atoms with Gasteiger partial charge in [0.1, 0.15) is 0 Å². The fourth-order valence-corrected chi connectivity index (χ4v) is 2.55. The Kier molecular flexibility index (Phi) is 6.42. The minimum absolute atomic E-state index is 0.694. The molecule has 0 aliphatic carbocycles. The summed E-state index contributed by atoms with van der Waals surface area (Å²) in [5.74, 6) is 0.758. The fraction of sp³-hybridized carbons (Fsp3) is 0.647. The van der Waals surface area contributed by atoms with E-state index in [-0.39, 0.29) is 0 Å². The molecule has 0 saturated carbocycles. The molecule has 1 nitrogen and oxygen atoms in total. The smallest absolute Gasteiger partial charge is 0.00535 e. The van der Waals surface area contributed by atoms with Crippen LogP contribution in [0.4, 0.5) is 0 Å². The minimum Gasteiger partial charge on any atom is -0.300 e. The zero-order valence-corrected chi connectivity index (χ0v) is 12.7. The van der Waals surface area contributed by atoms with E-state index >= 15 is 0 Å². The molecule has 18 heavy (non-hydrogen) atoms. The Labute approximate surface area is 113 Å². The van der Waals surface area contributed by atoms with Gasteiger partial charge in [-0.3, -0.25) is 0 Å². The molecule has 1 aliphatic rings. The third kappa shape index (κ3) is 3.84. The first-order valence-electron chi connectivity index (χ1n) is 7.53. The van der Waals surface area contributed by atoms with Gasteiger partial charge in [0.05, 0.1) is 0 Å². The van der Waals surface area contributed by atoms with E-state index in [9.17, 15) is 0 Å². The van der Waals surface area contributed by atoms with Crippen molar-refractivity contribution in [1.29, 1.82) is 0 Å². The lowest BCUT2D eigenvalue weighted by Crippen LogP contribution is -2.27. The minimum atomic E-state index is 0.694. The van der Waals surface area contributed by atoms with Crippen LogP contribution in [-0.2, 0) is 6.42 Å². The third-order valence-electron chi connectivity index (χ3n) is 3.81. The number of rotatable bonds is 3. The molecule has 1 aromatic carbocycles. The summed E-state index contributed by atoms with van der Waals surface area (Å²) in [4.78, 5) is 2.58. The van der Waals surface area contributed by atoms with Crippen molar-refractivity contribution in [2.24, 2.45) is 0 Å². The van der Waals surface area contributed by atoms with Gasteiger partial charge in [-0.15, -0.1) is 0 Å². The van der Waals surface area contributed by atoms with E-state index < -0.39 is 0 Å². The highest BCUT2D eigenvalue weighted by Gasteiger charge is 2.24. The highest BCUT2D eigenvalue weighted by atomic mass is 15.2. The largest absolute Gasteiger partial charge is 0.300 e. The normalized spacial score (nSPS) is 19.8. The molecule has 0 N–H and O–H groups in total. The first-order valence-corrected chi connectivity index (χ1v) is 7.53. The van der Waals surface area contributed by atoms with Gasteiger partial charge in [-0.2, -0.15) is 0 Å². The number of likely N-dealkylation sites (tertiary alicyclic amines) is 1. The fourth-order valence-electron chi connectivity index (χ4n) is 2.55. The van der Waals surface area contributed by atoms with E-state index in [0.29, 0.717) is 6.04 Å². The molecular weight excluding hydrogens is 218 g/mol. The second kappa shape index (κ2) is 7.58. The van der Waals surface area contributed by atoms with Crippen LogP contribution in [0.1, 0.15) is 58.1 Å². The molecule has 1 heterocycles. The van der Waals surface area contributed by atoms with Crippen LogP contribution in [0, 0.1) is 0 Å². The molecule has 0 spiro atoms. The zero-order valence-electron chi connectivity index (χ0n) is 12.7. The Balaban J connectivity index is 0.000000771. The van der Waals surface area contributed by atoms with Crippen LogP contribution < -0.4 is 0 Å². The lowest BCUT2D eigenvalue weighted by atomic mass is 9.97. The molecule has 1 saturated heterocycles. The van der Waals surface area contributed by atoms with Crippen molar-refractivity contribution < 1.29 is 0 Å². The average Bonchev–Trinajstić information content (AvgIpc) is 2.91. The van der Waals surface area contributed by atoms with Gasteiger partial charge in [-0.05, 0) is 50.3 Å². The first-order chi connectivity index (χ1) is 8.70. The number of benzene rings is 1. The molecule has 1 heteroatoms. The van der Waals surface area contributed by atoms with Crippen LogP contribution in [-0.4, -0.2) is 24.0 Å². The van der Waals surface area contributed by atoms with E-state index in [2.05, 4.69) is 49.9 Å². The molecule has 1 atom stereocenters. The number of aryl methyl sites for hydroxylation is 1. The summed E-state index contributed by atoms with van der Waals surface area (Å²) in [6.45, 7) is 13.3. The van der Waals surface area contributed by atoms with E-state index in [1.165, 1.54) is 30.6 Å². The monoisotopic (exact) mass is 247 g/mol. The Bertz CT molecular complexity index is 326. The highest BCUT2D eigenvalue weighted by Crippen LogP contribution is 2.28. The maximum Gasteiger partial charge on any atom is 0.00535 e. The Morgan fingerprint density at radius 2 is 1.78 bits per heavy atom. The maximum atomic E-state index is 2.58. The standard InChI is InChI=1S/C15H23N.C2H6/c1-4-13-5-7-14(8-6-13)15-9-10-16(11-15)12(2)3;1-2/h5-8,12,15H,4,9-11H2,1-3H3;1-2H3. The van der Waals surface area contributed by atoms with Gasteiger partial charge in [0, 0.05) is 12.6 Å². The molecule has 1 fully saturated rings. The summed E-state index contributed by atoms with van der Waals surface area (Å²) < 4.78 is 0. The highest BCUT2D eigenvalue weighted by molar-refractivity contribution is 5.26. The van der Waals surface area contributed by atoms with Crippen molar-refractivity contribution >= 4 is 0 Å².